The predicted octanol–water partition coefficient (Wildman–Crippen LogP) is 1.44. The minimum atomic E-state index is -0.846. The Labute approximate surface area is 188 Å². The molecule has 0 radical (unpaired) electrons. The van der Waals surface area contributed by atoms with Gasteiger partial charge in [-0.25, -0.2) is 9.78 Å². The molecule has 6 N–H and O–H groups in total. The summed E-state index contributed by atoms with van der Waals surface area (Å²) in [7, 11) is 0. The zero-order valence-electron chi connectivity index (χ0n) is 18.9. The first-order valence-electron chi connectivity index (χ1n) is 11.0. The van der Waals surface area contributed by atoms with Crippen molar-refractivity contribution in [2.24, 2.45) is 5.92 Å². The molecule has 1 aromatic carbocycles. The number of amides is 2. The van der Waals surface area contributed by atoms with Crippen LogP contribution in [0.4, 0.5) is 0 Å². The molecule has 0 saturated carbocycles. The molecule has 1 heterocycles. The first-order chi connectivity index (χ1) is 15.4. The number of nitrogens with one attached hydrogen (secondary N) is 3. The quantitative estimate of drug-likeness (QED) is 0.273. The molecular formula is C23H34N5O4+. The number of carbonyl (C=O) groups excluding carboxylic acids is 3. The van der Waals surface area contributed by atoms with Crippen molar-refractivity contribution in [3.8, 4) is 0 Å². The van der Waals surface area contributed by atoms with E-state index in [1.54, 1.807) is 0 Å². The van der Waals surface area contributed by atoms with Gasteiger partial charge in [0, 0.05) is 6.54 Å². The number of aromatic nitrogens is 2. The van der Waals surface area contributed by atoms with Gasteiger partial charge in [0.2, 0.25) is 0 Å². The average Bonchev–Trinajstić information content (AvgIpc) is 3.27. The van der Waals surface area contributed by atoms with Gasteiger partial charge >= 0.3 is 5.97 Å². The molecule has 2 aromatic rings. The van der Waals surface area contributed by atoms with Crippen molar-refractivity contribution in [1.29, 1.82) is 0 Å². The van der Waals surface area contributed by atoms with Crippen molar-refractivity contribution in [3.63, 3.8) is 0 Å². The molecule has 1 aromatic heterocycles. The largest absolute Gasteiger partial charge is 0.459 e. The molecule has 0 bridgehead atoms. The lowest BCUT2D eigenvalue weighted by atomic mass is 10.0. The zero-order chi connectivity index (χ0) is 23.3. The first-order valence-corrected chi connectivity index (χ1v) is 11.0. The fourth-order valence-electron chi connectivity index (χ4n) is 3.15. The standard InChI is InChI=1S/C23H33N5O4/c1-16(2)13-18(23(31)32-14-17-9-5-3-6-10-17)28-22(30)20-19(26-15-27-20)21(29)25-12-8-4-7-11-24/h3,5-6,9-10,15-16,18H,4,7-8,11-14,24H2,1-2H3,(H,25,29)(H,26,27)(H,28,30)/p+1/t18-/m0/s1. The van der Waals surface area contributed by atoms with Gasteiger partial charge in [-0.15, -0.1) is 0 Å². The van der Waals surface area contributed by atoms with Gasteiger partial charge in [0.05, 0.1) is 12.9 Å². The topological polar surface area (TPSA) is 141 Å². The summed E-state index contributed by atoms with van der Waals surface area (Å²) in [6, 6.07) is 8.48. The van der Waals surface area contributed by atoms with Crippen LogP contribution < -0.4 is 16.4 Å². The summed E-state index contributed by atoms with van der Waals surface area (Å²) in [5.41, 5.74) is 4.67. The van der Waals surface area contributed by atoms with Crippen LogP contribution in [0.25, 0.3) is 0 Å². The smallest absolute Gasteiger partial charge is 0.328 e. The van der Waals surface area contributed by atoms with E-state index >= 15 is 0 Å². The highest BCUT2D eigenvalue weighted by Crippen LogP contribution is 2.11. The van der Waals surface area contributed by atoms with E-state index in [1.165, 1.54) is 6.33 Å². The fraction of sp³-hybridized carbons (Fsp3) is 0.478. The van der Waals surface area contributed by atoms with Gasteiger partial charge in [-0.05, 0) is 37.2 Å². The fourth-order valence-corrected chi connectivity index (χ4v) is 3.15. The van der Waals surface area contributed by atoms with E-state index in [1.807, 2.05) is 44.2 Å². The Balaban J connectivity index is 1.98. The molecular weight excluding hydrogens is 410 g/mol. The Morgan fingerprint density at radius 2 is 1.84 bits per heavy atom. The van der Waals surface area contributed by atoms with Gasteiger partial charge in [0.15, 0.2) is 5.69 Å². The number of benzene rings is 1. The second kappa shape index (κ2) is 13.3. The number of quaternary nitrogens is 1. The highest BCUT2D eigenvalue weighted by molar-refractivity contribution is 6.05. The van der Waals surface area contributed by atoms with Crippen LogP contribution in [0.15, 0.2) is 36.7 Å². The number of carbonyl (C=O) groups is 3. The molecule has 1 atom stereocenters. The zero-order valence-corrected chi connectivity index (χ0v) is 18.9. The van der Waals surface area contributed by atoms with Crippen LogP contribution in [0.2, 0.25) is 0 Å². The third kappa shape index (κ3) is 8.14. The number of unbranched alkanes of at least 4 members (excludes halogenated alkanes) is 2. The normalized spacial score (nSPS) is 11.8. The molecule has 9 heteroatoms. The Morgan fingerprint density at radius 1 is 1.09 bits per heavy atom. The second-order valence-corrected chi connectivity index (χ2v) is 8.05. The number of esters is 1. The van der Waals surface area contributed by atoms with E-state index in [9.17, 15) is 14.4 Å². The molecule has 0 aliphatic carbocycles. The number of ether oxygens (including phenoxy) is 1. The minimum Gasteiger partial charge on any atom is -0.459 e. The molecule has 0 spiro atoms. The Hall–Kier alpha value is -3.20. The molecule has 0 aliphatic heterocycles. The van der Waals surface area contributed by atoms with E-state index in [2.05, 4.69) is 26.3 Å². The average molecular weight is 445 g/mol. The monoisotopic (exact) mass is 444 g/mol. The number of rotatable bonds is 13. The van der Waals surface area contributed by atoms with Crippen LogP contribution in [0.3, 0.4) is 0 Å². The molecule has 0 unspecified atom stereocenters. The van der Waals surface area contributed by atoms with E-state index in [-0.39, 0.29) is 23.9 Å². The van der Waals surface area contributed by atoms with Crippen molar-refractivity contribution in [1.82, 2.24) is 20.6 Å². The van der Waals surface area contributed by atoms with E-state index in [0.29, 0.717) is 13.0 Å². The number of imidazole rings is 1. The number of nitrogens with zero attached hydrogens (tertiary/aromatic N) is 1. The van der Waals surface area contributed by atoms with Crippen molar-refractivity contribution < 1.29 is 24.9 Å². The van der Waals surface area contributed by atoms with Crippen molar-refractivity contribution in [3.05, 3.63) is 53.6 Å². The molecule has 0 aliphatic rings. The number of H-pyrrole nitrogens is 1. The second-order valence-electron chi connectivity index (χ2n) is 8.05. The maximum Gasteiger partial charge on any atom is 0.328 e. The van der Waals surface area contributed by atoms with Crippen LogP contribution in [0.5, 0.6) is 0 Å². The van der Waals surface area contributed by atoms with Crippen LogP contribution in [-0.2, 0) is 16.1 Å². The van der Waals surface area contributed by atoms with Crippen molar-refractivity contribution >= 4 is 17.8 Å². The van der Waals surface area contributed by atoms with Crippen molar-refractivity contribution in [2.75, 3.05) is 13.1 Å². The highest BCUT2D eigenvalue weighted by atomic mass is 16.5. The van der Waals surface area contributed by atoms with Gasteiger partial charge in [0.25, 0.3) is 11.8 Å². The lowest BCUT2D eigenvalue weighted by Crippen LogP contribution is -2.50. The lowest BCUT2D eigenvalue weighted by Gasteiger charge is -2.19. The summed E-state index contributed by atoms with van der Waals surface area (Å²) in [5.74, 6) is -1.39. The van der Waals surface area contributed by atoms with Crippen molar-refractivity contribution in [2.45, 2.75) is 52.2 Å². The predicted molar refractivity (Wildman–Crippen MR) is 119 cm³/mol. The SMILES string of the molecule is CC(C)C[C@H](NC(=O)c1nc[nH]c1C(=O)NCCCCC[NH3+])C(=O)OCc1ccccc1. The van der Waals surface area contributed by atoms with Crippen LogP contribution in [-0.4, -0.2) is 46.9 Å². The van der Waals surface area contributed by atoms with Gasteiger partial charge in [-0.3, -0.25) is 9.59 Å². The summed E-state index contributed by atoms with van der Waals surface area (Å²) in [6.45, 7) is 5.39. The third-order valence-corrected chi connectivity index (χ3v) is 4.81. The molecule has 2 amide bonds. The van der Waals surface area contributed by atoms with Gasteiger partial charge < -0.3 is 26.1 Å². The van der Waals surface area contributed by atoms with E-state index < -0.39 is 23.8 Å². The Kier molecular flexibility index (Phi) is 10.4. The number of hydrogen-bond donors (Lipinski definition) is 4. The molecule has 174 valence electrons. The number of hydrogen-bond acceptors (Lipinski definition) is 5. The van der Waals surface area contributed by atoms with Crippen LogP contribution in [0, 0.1) is 5.92 Å². The summed E-state index contributed by atoms with van der Waals surface area (Å²) in [6.07, 6.45) is 4.50. The maximum atomic E-state index is 12.8. The third-order valence-electron chi connectivity index (χ3n) is 4.81. The minimum absolute atomic E-state index is 0.0510. The van der Waals surface area contributed by atoms with Crippen LogP contribution in [0.1, 0.15) is 66.1 Å². The molecule has 0 fully saturated rings. The molecule has 32 heavy (non-hydrogen) atoms. The van der Waals surface area contributed by atoms with E-state index in [4.69, 9.17) is 4.74 Å². The summed E-state index contributed by atoms with van der Waals surface area (Å²) in [5, 5.41) is 5.47. The molecule has 2 rings (SSSR count). The van der Waals surface area contributed by atoms with Gasteiger partial charge in [0.1, 0.15) is 18.3 Å². The highest BCUT2D eigenvalue weighted by Gasteiger charge is 2.27. The Morgan fingerprint density at radius 3 is 2.53 bits per heavy atom. The summed E-state index contributed by atoms with van der Waals surface area (Å²) < 4.78 is 5.41. The Bertz CT molecular complexity index is 866. The lowest BCUT2D eigenvalue weighted by molar-refractivity contribution is -0.368. The summed E-state index contributed by atoms with van der Waals surface area (Å²) >= 11 is 0. The number of aromatic amines is 1. The van der Waals surface area contributed by atoms with Gasteiger partial charge in [-0.1, -0.05) is 44.2 Å². The molecule has 0 saturated heterocycles. The molecule has 9 nitrogen and oxygen atoms in total. The summed E-state index contributed by atoms with van der Waals surface area (Å²) in [4.78, 5) is 44.6. The van der Waals surface area contributed by atoms with Crippen LogP contribution >= 0.6 is 0 Å². The van der Waals surface area contributed by atoms with E-state index in [0.717, 1.165) is 31.4 Å². The maximum absolute atomic E-state index is 12.8. The van der Waals surface area contributed by atoms with Gasteiger partial charge in [-0.2, -0.15) is 0 Å². The first kappa shape index (κ1) is 25.1.